The molecule has 0 radical (unpaired) electrons. The van der Waals surface area contributed by atoms with Gasteiger partial charge in [0.2, 0.25) is 0 Å². The predicted molar refractivity (Wildman–Crippen MR) is 114 cm³/mol. The second-order valence-electron chi connectivity index (χ2n) is 7.34. The van der Waals surface area contributed by atoms with Crippen molar-refractivity contribution in [2.24, 2.45) is 10.5 Å². The number of carbonyl (C=O) groups excluding carboxylic acids is 2. The van der Waals surface area contributed by atoms with Gasteiger partial charge in [-0.2, -0.15) is 5.10 Å². The molecule has 0 unspecified atom stereocenters. The average Bonchev–Trinajstić information content (AvgIpc) is 3.09. The molecule has 0 atom stereocenters. The number of hydrazone groups is 1. The van der Waals surface area contributed by atoms with Crippen LogP contribution in [0.25, 0.3) is 11.1 Å². The molecule has 0 heterocycles. The van der Waals surface area contributed by atoms with E-state index < -0.39 is 11.4 Å². The smallest absolute Gasteiger partial charge is 0.356 e. The SMILES string of the molecule is CCC(C)(CC)C(=O)/C=C(\NN=C1c2ccccc2-c2ccccc21)C(=O)OC. The van der Waals surface area contributed by atoms with Crippen LogP contribution in [0.4, 0.5) is 0 Å². The van der Waals surface area contributed by atoms with Crippen molar-refractivity contribution in [3.63, 3.8) is 0 Å². The van der Waals surface area contributed by atoms with E-state index in [0.29, 0.717) is 12.8 Å². The van der Waals surface area contributed by atoms with Gasteiger partial charge in [0.15, 0.2) is 5.78 Å². The first-order valence-corrected chi connectivity index (χ1v) is 9.82. The highest BCUT2D eigenvalue weighted by Crippen LogP contribution is 2.36. The van der Waals surface area contributed by atoms with Crippen LogP contribution in [0.1, 0.15) is 44.7 Å². The highest BCUT2D eigenvalue weighted by Gasteiger charge is 2.29. The van der Waals surface area contributed by atoms with Crippen molar-refractivity contribution in [3.8, 4) is 11.1 Å². The fourth-order valence-electron chi connectivity index (χ4n) is 3.38. The summed E-state index contributed by atoms with van der Waals surface area (Å²) >= 11 is 0. The maximum atomic E-state index is 12.8. The van der Waals surface area contributed by atoms with Crippen molar-refractivity contribution in [1.82, 2.24) is 5.43 Å². The predicted octanol–water partition coefficient (Wildman–Crippen LogP) is 4.46. The minimum atomic E-state index is -0.628. The van der Waals surface area contributed by atoms with E-state index >= 15 is 0 Å². The highest BCUT2D eigenvalue weighted by molar-refractivity contribution is 6.24. The van der Waals surface area contributed by atoms with Crippen molar-refractivity contribution in [1.29, 1.82) is 0 Å². The lowest BCUT2D eigenvalue weighted by atomic mass is 9.80. The molecule has 0 saturated heterocycles. The number of rotatable bonds is 7. The van der Waals surface area contributed by atoms with E-state index in [9.17, 15) is 9.59 Å². The van der Waals surface area contributed by atoms with E-state index in [-0.39, 0.29) is 11.5 Å². The summed E-state index contributed by atoms with van der Waals surface area (Å²) in [5.74, 6) is -0.750. The molecule has 1 aliphatic rings. The maximum Gasteiger partial charge on any atom is 0.356 e. The minimum absolute atomic E-state index is 0.0278. The van der Waals surface area contributed by atoms with Gasteiger partial charge in [0.25, 0.3) is 0 Å². The van der Waals surface area contributed by atoms with Crippen LogP contribution < -0.4 is 5.43 Å². The molecule has 0 saturated carbocycles. The van der Waals surface area contributed by atoms with Gasteiger partial charge in [0.1, 0.15) is 5.70 Å². The summed E-state index contributed by atoms with van der Waals surface area (Å²) in [5.41, 5.74) is 7.16. The fourth-order valence-corrected chi connectivity index (χ4v) is 3.38. The molecule has 0 aliphatic heterocycles. The zero-order valence-corrected chi connectivity index (χ0v) is 17.3. The third kappa shape index (κ3) is 3.86. The second-order valence-corrected chi connectivity index (χ2v) is 7.34. The van der Waals surface area contributed by atoms with Gasteiger partial charge < -0.3 is 4.74 Å². The average molecular weight is 390 g/mol. The van der Waals surface area contributed by atoms with Crippen LogP contribution in [0.3, 0.4) is 0 Å². The topological polar surface area (TPSA) is 67.8 Å². The van der Waals surface area contributed by atoms with Gasteiger partial charge in [-0.3, -0.25) is 10.2 Å². The van der Waals surface area contributed by atoms with Gasteiger partial charge in [-0.05, 0) is 24.0 Å². The lowest BCUT2D eigenvalue weighted by Gasteiger charge is -2.23. The Hall–Kier alpha value is -3.21. The Morgan fingerprint density at radius 1 is 0.966 bits per heavy atom. The van der Waals surface area contributed by atoms with Crippen LogP contribution in [0, 0.1) is 5.41 Å². The van der Waals surface area contributed by atoms with Crippen molar-refractivity contribution >= 4 is 17.5 Å². The summed E-state index contributed by atoms with van der Waals surface area (Å²) < 4.78 is 4.86. The Kier molecular flexibility index (Phi) is 5.97. The number of hydrogen-bond donors (Lipinski definition) is 1. The molecule has 3 rings (SSSR count). The van der Waals surface area contributed by atoms with E-state index in [1.165, 1.54) is 13.2 Å². The number of ketones is 1. The normalized spacial score (nSPS) is 12.8. The third-order valence-corrected chi connectivity index (χ3v) is 5.78. The molecule has 0 bridgehead atoms. The first kappa shape index (κ1) is 20.5. The molecular weight excluding hydrogens is 364 g/mol. The van der Waals surface area contributed by atoms with Crippen molar-refractivity contribution in [2.75, 3.05) is 7.11 Å². The molecule has 0 amide bonds. The van der Waals surface area contributed by atoms with Gasteiger partial charge in [-0.1, -0.05) is 69.3 Å². The number of nitrogens with zero attached hydrogens (tertiary/aromatic N) is 1. The van der Waals surface area contributed by atoms with E-state index in [4.69, 9.17) is 4.74 Å². The summed E-state index contributed by atoms with van der Waals surface area (Å²) in [5, 5.41) is 4.51. The largest absolute Gasteiger partial charge is 0.464 e. The van der Waals surface area contributed by atoms with E-state index in [1.807, 2.05) is 69.3 Å². The van der Waals surface area contributed by atoms with Crippen molar-refractivity contribution in [2.45, 2.75) is 33.6 Å². The summed E-state index contributed by atoms with van der Waals surface area (Å²) in [6, 6.07) is 16.0. The number of benzene rings is 2. The summed E-state index contributed by atoms with van der Waals surface area (Å²) in [6.45, 7) is 5.83. The molecule has 2 aromatic rings. The Labute approximate surface area is 171 Å². The number of allylic oxidation sites excluding steroid dienone is 1. The molecule has 150 valence electrons. The van der Waals surface area contributed by atoms with Gasteiger partial charge in [-0.25, -0.2) is 4.79 Å². The number of hydrogen-bond acceptors (Lipinski definition) is 5. The number of nitrogens with one attached hydrogen (secondary N) is 1. The fraction of sp³-hybridized carbons (Fsp3) is 0.292. The van der Waals surface area contributed by atoms with Gasteiger partial charge in [0.05, 0.1) is 12.8 Å². The third-order valence-electron chi connectivity index (χ3n) is 5.78. The number of carbonyl (C=O) groups is 2. The van der Waals surface area contributed by atoms with Crippen LogP contribution in [-0.4, -0.2) is 24.6 Å². The summed E-state index contributed by atoms with van der Waals surface area (Å²) in [4.78, 5) is 25.1. The van der Waals surface area contributed by atoms with Gasteiger partial charge in [0, 0.05) is 22.6 Å². The first-order valence-electron chi connectivity index (χ1n) is 9.82. The molecule has 5 heteroatoms. The molecule has 1 N–H and O–H groups in total. The first-order chi connectivity index (χ1) is 13.9. The molecule has 0 spiro atoms. The Morgan fingerprint density at radius 2 is 1.45 bits per heavy atom. The molecule has 1 aliphatic carbocycles. The minimum Gasteiger partial charge on any atom is -0.464 e. The lowest BCUT2D eigenvalue weighted by molar-refractivity contribution is -0.137. The Morgan fingerprint density at radius 3 is 1.90 bits per heavy atom. The lowest BCUT2D eigenvalue weighted by Crippen LogP contribution is -2.28. The Balaban J connectivity index is 2.00. The van der Waals surface area contributed by atoms with Crippen LogP contribution in [-0.2, 0) is 14.3 Å². The van der Waals surface area contributed by atoms with Crippen LogP contribution in [0.15, 0.2) is 65.4 Å². The van der Waals surface area contributed by atoms with E-state index in [2.05, 4.69) is 10.5 Å². The second kappa shape index (κ2) is 8.43. The summed E-state index contributed by atoms with van der Waals surface area (Å²) in [7, 11) is 1.29. The number of ether oxygens (including phenoxy) is 1. The highest BCUT2D eigenvalue weighted by atomic mass is 16.5. The standard InChI is InChI=1S/C24H26N2O3/c1-5-24(3,6-2)21(27)15-20(23(28)29-4)25-26-22-18-13-9-7-11-16(18)17-12-8-10-14-19(17)22/h7-15,25H,5-6H2,1-4H3/b20-15-. The Bertz CT molecular complexity index is 953. The van der Waals surface area contributed by atoms with Crippen molar-refractivity contribution < 1.29 is 14.3 Å². The quantitative estimate of drug-likeness (QED) is 0.367. The number of methoxy groups -OCH3 is 1. The van der Waals surface area contributed by atoms with Crippen LogP contribution in [0.5, 0.6) is 0 Å². The maximum absolute atomic E-state index is 12.8. The zero-order chi connectivity index (χ0) is 21.0. The molecule has 5 nitrogen and oxygen atoms in total. The number of fused-ring (bicyclic) bond motifs is 3. The van der Waals surface area contributed by atoms with Crippen LogP contribution in [0.2, 0.25) is 0 Å². The van der Waals surface area contributed by atoms with Gasteiger partial charge >= 0.3 is 5.97 Å². The zero-order valence-electron chi connectivity index (χ0n) is 17.3. The van der Waals surface area contributed by atoms with Crippen molar-refractivity contribution in [3.05, 3.63) is 71.4 Å². The molecule has 0 aromatic heterocycles. The van der Waals surface area contributed by atoms with Crippen LogP contribution >= 0.6 is 0 Å². The summed E-state index contributed by atoms with van der Waals surface area (Å²) in [6.07, 6.45) is 2.68. The van der Waals surface area contributed by atoms with E-state index in [1.54, 1.807) is 0 Å². The molecule has 2 aromatic carbocycles. The molecule has 0 fully saturated rings. The number of esters is 1. The van der Waals surface area contributed by atoms with E-state index in [0.717, 1.165) is 28.0 Å². The molecular formula is C24H26N2O3. The monoisotopic (exact) mass is 390 g/mol. The molecule has 29 heavy (non-hydrogen) atoms. The van der Waals surface area contributed by atoms with Gasteiger partial charge in [-0.15, -0.1) is 0 Å².